The quantitative estimate of drug-likeness (QED) is 0.152. The second kappa shape index (κ2) is 15.9. The summed E-state index contributed by atoms with van der Waals surface area (Å²) in [7, 11) is 0. The molecule has 4 heteroatoms. The number of ether oxygens (including phenoxy) is 2. The van der Waals surface area contributed by atoms with E-state index in [0.717, 1.165) is 44.1 Å². The van der Waals surface area contributed by atoms with Crippen molar-refractivity contribution in [2.75, 3.05) is 0 Å². The second-order valence-electron chi connectivity index (χ2n) is 9.03. The highest BCUT2D eigenvalue weighted by atomic mass is 16.5. The summed E-state index contributed by atoms with van der Waals surface area (Å²) in [5, 5.41) is 0. The van der Waals surface area contributed by atoms with Crippen LogP contribution in [0, 0.1) is 18.8 Å². The highest BCUT2D eigenvalue weighted by Crippen LogP contribution is 2.25. The van der Waals surface area contributed by atoms with Gasteiger partial charge in [0, 0.05) is 6.07 Å². The molecule has 2 atom stereocenters. The molecule has 4 nitrogen and oxygen atoms in total. The molecule has 0 radical (unpaired) electrons. The Morgan fingerprint density at radius 3 is 1.45 bits per heavy atom. The van der Waals surface area contributed by atoms with E-state index in [-0.39, 0.29) is 23.8 Å². The van der Waals surface area contributed by atoms with E-state index >= 15 is 0 Å². The van der Waals surface area contributed by atoms with Crippen LogP contribution in [-0.2, 0) is 9.59 Å². The monoisotopic (exact) mass is 432 g/mol. The predicted molar refractivity (Wildman–Crippen MR) is 128 cm³/mol. The summed E-state index contributed by atoms with van der Waals surface area (Å²) in [6, 6.07) is 5.26. The third-order valence-corrected chi connectivity index (χ3v) is 5.75. The summed E-state index contributed by atoms with van der Waals surface area (Å²) in [4.78, 5) is 24.9. The van der Waals surface area contributed by atoms with Crippen molar-refractivity contribution in [3.63, 3.8) is 0 Å². The zero-order valence-electron chi connectivity index (χ0n) is 20.5. The molecule has 31 heavy (non-hydrogen) atoms. The molecule has 2 unspecified atom stereocenters. The Labute approximate surface area is 190 Å². The zero-order valence-corrected chi connectivity index (χ0v) is 20.5. The van der Waals surface area contributed by atoms with Crippen LogP contribution < -0.4 is 9.47 Å². The van der Waals surface area contributed by atoms with Crippen molar-refractivity contribution in [1.82, 2.24) is 0 Å². The van der Waals surface area contributed by atoms with Gasteiger partial charge in [-0.05, 0) is 37.5 Å². The minimum Gasteiger partial charge on any atom is -0.426 e. The van der Waals surface area contributed by atoms with Crippen LogP contribution in [0.5, 0.6) is 11.5 Å². The average molecular weight is 433 g/mol. The lowest BCUT2D eigenvalue weighted by Crippen LogP contribution is -2.19. The Morgan fingerprint density at radius 1 is 0.677 bits per heavy atom. The largest absolute Gasteiger partial charge is 0.426 e. The van der Waals surface area contributed by atoms with Gasteiger partial charge in [0.1, 0.15) is 11.5 Å². The van der Waals surface area contributed by atoms with E-state index < -0.39 is 0 Å². The topological polar surface area (TPSA) is 52.6 Å². The van der Waals surface area contributed by atoms with Crippen molar-refractivity contribution in [1.29, 1.82) is 0 Å². The summed E-state index contributed by atoms with van der Waals surface area (Å²) in [5.74, 6) is 0.162. The van der Waals surface area contributed by atoms with Gasteiger partial charge in [-0.25, -0.2) is 0 Å². The van der Waals surface area contributed by atoms with Gasteiger partial charge in [-0.1, -0.05) is 91.9 Å². The third kappa shape index (κ3) is 11.9. The van der Waals surface area contributed by atoms with Crippen molar-refractivity contribution >= 4 is 11.9 Å². The lowest BCUT2D eigenvalue weighted by Gasteiger charge is -2.14. The molecule has 1 rings (SSSR count). The first-order valence-corrected chi connectivity index (χ1v) is 12.4. The predicted octanol–water partition coefficient (Wildman–Crippen LogP) is 7.80. The Bertz CT molecular complexity index is 600. The normalized spacial score (nSPS) is 12.9. The van der Waals surface area contributed by atoms with Crippen molar-refractivity contribution in [3.8, 4) is 11.5 Å². The van der Waals surface area contributed by atoms with E-state index in [1.54, 1.807) is 18.2 Å². The number of unbranched alkanes of at least 4 members (excludes halogenated alkanes) is 8. The fourth-order valence-corrected chi connectivity index (χ4v) is 3.61. The number of carbonyl (C=O) groups is 2. The van der Waals surface area contributed by atoms with Gasteiger partial charge in [0.15, 0.2) is 0 Å². The lowest BCUT2D eigenvalue weighted by atomic mass is 10.0. The Hall–Kier alpha value is -1.84. The molecule has 0 spiro atoms. The molecule has 0 amide bonds. The SMILES string of the molecule is CCCCCCCC(C)C(=O)Oc1cc(C)cc(OC(=O)C(C)CCCCCCC)c1. The molecule has 0 saturated carbocycles. The maximum absolute atomic E-state index is 12.4. The minimum absolute atomic E-state index is 0.138. The van der Waals surface area contributed by atoms with Crippen molar-refractivity contribution in [3.05, 3.63) is 23.8 Å². The number of hydrogen-bond acceptors (Lipinski definition) is 4. The summed E-state index contributed by atoms with van der Waals surface area (Å²) in [6.45, 7) is 10.1. The molecular weight excluding hydrogens is 388 g/mol. The highest BCUT2D eigenvalue weighted by Gasteiger charge is 2.18. The van der Waals surface area contributed by atoms with Crippen LogP contribution in [0.2, 0.25) is 0 Å². The maximum atomic E-state index is 12.4. The van der Waals surface area contributed by atoms with Gasteiger partial charge < -0.3 is 9.47 Å². The molecule has 0 fully saturated rings. The first-order valence-electron chi connectivity index (χ1n) is 12.4. The second-order valence-corrected chi connectivity index (χ2v) is 9.03. The number of carbonyl (C=O) groups excluding carboxylic acids is 2. The fraction of sp³-hybridized carbons (Fsp3) is 0.704. The highest BCUT2D eigenvalue weighted by molar-refractivity contribution is 5.76. The molecule has 1 aromatic carbocycles. The minimum atomic E-state index is -0.223. The molecule has 0 aromatic heterocycles. The number of aryl methyl sites for hydroxylation is 1. The zero-order chi connectivity index (χ0) is 23.1. The smallest absolute Gasteiger partial charge is 0.314 e. The van der Waals surface area contributed by atoms with Crippen LogP contribution in [-0.4, -0.2) is 11.9 Å². The van der Waals surface area contributed by atoms with Crippen LogP contribution in [0.1, 0.15) is 110 Å². The van der Waals surface area contributed by atoms with Gasteiger partial charge in [-0.15, -0.1) is 0 Å². The molecular formula is C27H44O4. The first kappa shape index (κ1) is 27.2. The number of esters is 2. The number of hydrogen-bond donors (Lipinski definition) is 0. The molecule has 1 aromatic rings. The van der Waals surface area contributed by atoms with E-state index in [2.05, 4.69) is 13.8 Å². The van der Waals surface area contributed by atoms with Gasteiger partial charge in [-0.3, -0.25) is 9.59 Å². The first-order chi connectivity index (χ1) is 14.9. The molecule has 176 valence electrons. The van der Waals surface area contributed by atoms with Crippen LogP contribution in [0.15, 0.2) is 18.2 Å². The van der Waals surface area contributed by atoms with Crippen LogP contribution in [0.4, 0.5) is 0 Å². The molecule has 0 aliphatic carbocycles. The van der Waals surface area contributed by atoms with E-state index in [1.165, 1.54) is 38.5 Å². The molecule has 0 aliphatic heterocycles. The van der Waals surface area contributed by atoms with Crippen LogP contribution >= 0.6 is 0 Å². The Kier molecular flexibility index (Phi) is 13.9. The molecule has 0 saturated heterocycles. The van der Waals surface area contributed by atoms with Gasteiger partial charge >= 0.3 is 11.9 Å². The van der Waals surface area contributed by atoms with Gasteiger partial charge in [0.05, 0.1) is 11.8 Å². The fourth-order valence-electron chi connectivity index (χ4n) is 3.61. The number of rotatable bonds is 16. The van der Waals surface area contributed by atoms with Crippen molar-refractivity contribution in [2.24, 2.45) is 11.8 Å². The summed E-state index contributed by atoms with van der Waals surface area (Å²) < 4.78 is 11.2. The van der Waals surface area contributed by atoms with Gasteiger partial charge in [0.2, 0.25) is 0 Å². The Balaban J connectivity index is 2.52. The molecule has 0 heterocycles. The average Bonchev–Trinajstić information content (AvgIpc) is 2.72. The van der Waals surface area contributed by atoms with E-state index in [1.807, 2.05) is 20.8 Å². The summed E-state index contributed by atoms with van der Waals surface area (Å²) in [5.41, 5.74) is 0.896. The van der Waals surface area contributed by atoms with Crippen LogP contribution in [0.3, 0.4) is 0 Å². The maximum Gasteiger partial charge on any atom is 0.314 e. The molecule has 0 aliphatic rings. The lowest BCUT2D eigenvalue weighted by molar-refractivity contribution is -0.139. The van der Waals surface area contributed by atoms with E-state index in [9.17, 15) is 9.59 Å². The summed E-state index contributed by atoms with van der Waals surface area (Å²) >= 11 is 0. The van der Waals surface area contributed by atoms with Gasteiger partial charge in [0.25, 0.3) is 0 Å². The third-order valence-electron chi connectivity index (χ3n) is 5.75. The van der Waals surface area contributed by atoms with Crippen molar-refractivity contribution in [2.45, 2.75) is 112 Å². The molecule has 0 N–H and O–H groups in total. The summed E-state index contributed by atoms with van der Waals surface area (Å²) in [6.07, 6.45) is 13.5. The Morgan fingerprint density at radius 2 is 1.06 bits per heavy atom. The standard InChI is InChI=1S/C27H44O4/c1-6-8-10-12-14-16-22(4)26(28)30-24-18-21(3)19-25(20-24)31-27(29)23(5)17-15-13-11-9-7-2/h18-20,22-23H,6-17H2,1-5H3. The van der Waals surface area contributed by atoms with E-state index in [0.29, 0.717) is 11.5 Å². The van der Waals surface area contributed by atoms with Gasteiger partial charge in [-0.2, -0.15) is 0 Å². The molecule has 0 bridgehead atoms. The number of benzene rings is 1. The van der Waals surface area contributed by atoms with Crippen LogP contribution in [0.25, 0.3) is 0 Å². The van der Waals surface area contributed by atoms with Crippen molar-refractivity contribution < 1.29 is 19.1 Å². The van der Waals surface area contributed by atoms with E-state index in [4.69, 9.17) is 9.47 Å².